The fraction of sp³-hybridized carbons (Fsp3) is 0.444. The number of hydrogen-bond acceptors (Lipinski definition) is 10. The first-order chi connectivity index (χ1) is 18.2. The third-order valence-corrected chi connectivity index (χ3v) is 9.03. The molecule has 0 amide bonds. The van der Waals surface area contributed by atoms with E-state index in [1.165, 1.54) is 14.0 Å². The van der Waals surface area contributed by atoms with Gasteiger partial charge in [0, 0.05) is 27.9 Å². The zero-order valence-electron chi connectivity index (χ0n) is 21.8. The average Bonchev–Trinajstić information content (AvgIpc) is 2.88. The van der Waals surface area contributed by atoms with Gasteiger partial charge in [-0.2, -0.15) is 0 Å². The van der Waals surface area contributed by atoms with E-state index in [2.05, 4.69) is 0 Å². The maximum Gasteiger partial charge on any atom is 0.303 e. The van der Waals surface area contributed by atoms with Gasteiger partial charge in [-0.3, -0.25) is 18.9 Å². The molecular formula is C27H33O10P. The lowest BCUT2D eigenvalue weighted by molar-refractivity contribution is -0.196. The molecule has 38 heavy (non-hydrogen) atoms. The molecular weight excluding hydrogens is 515 g/mol. The minimum atomic E-state index is -4.05. The van der Waals surface area contributed by atoms with Gasteiger partial charge in [0.05, 0.1) is 19.8 Å². The van der Waals surface area contributed by atoms with Crippen molar-refractivity contribution < 1.29 is 47.2 Å². The third kappa shape index (κ3) is 7.51. The van der Waals surface area contributed by atoms with Crippen molar-refractivity contribution in [2.24, 2.45) is 0 Å². The van der Waals surface area contributed by atoms with E-state index in [-0.39, 0.29) is 19.8 Å². The van der Waals surface area contributed by atoms with Crippen LogP contribution in [0.3, 0.4) is 0 Å². The molecule has 1 heterocycles. The number of ether oxygens (including phenoxy) is 5. The number of hydrogen-bond donors (Lipinski definition) is 0. The molecule has 3 rings (SSSR count). The largest absolute Gasteiger partial charge is 0.459 e. The van der Waals surface area contributed by atoms with Gasteiger partial charge in [0.1, 0.15) is 17.9 Å². The van der Waals surface area contributed by atoms with Crippen molar-refractivity contribution in [3.8, 4) is 0 Å². The van der Waals surface area contributed by atoms with E-state index in [0.29, 0.717) is 0 Å². The summed E-state index contributed by atoms with van der Waals surface area (Å²) in [5.41, 5.74) is 0.555. The molecule has 206 valence electrons. The van der Waals surface area contributed by atoms with Gasteiger partial charge in [-0.25, -0.2) is 0 Å². The highest BCUT2D eigenvalue weighted by atomic mass is 31.2. The second-order valence-electron chi connectivity index (χ2n) is 8.81. The molecule has 1 fully saturated rings. The lowest BCUT2D eigenvalue weighted by atomic mass is 10.0. The summed E-state index contributed by atoms with van der Waals surface area (Å²) in [5, 5.41) is 0. The van der Waals surface area contributed by atoms with E-state index < -0.39 is 55.1 Å². The molecule has 0 spiro atoms. The minimum Gasteiger partial charge on any atom is -0.459 e. The molecule has 2 aromatic carbocycles. The van der Waals surface area contributed by atoms with Gasteiger partial charge in [0.2, 0.25) is 5.85 Å². The van der Waals surface area contributed by atoms with E-state index in [9.17, 15) is 18.9 Å². The predicted octanol–water partition coefficient (Wildman–Crippen LogP) is 3.85. The standard InChI is InChI=1S/C27H33O10P/c1-18(28)35-24-23(17-33-15-21-11-7-5-8-12-21)38(31,32-4)27(37-20(3)30)26(36-19(2)29)25(24)34-16-22-13-9-6-10-14-22/h5-14,23-27H,15-17H2,1-4H3/t23-,24+,25+,26-,27-,38-/m1/s1. The lowest BCUT2D eigenvalue weighted by Crippen LogP contribution is -2.61. The quantitative estimate of drug-likeness (QED) is 0.232. The Morgan fingerprint density at radius 2 is 1.21 bits per heavy atom. The van der Waals surface area contributed by atoms with Crippen LogP contribution in [-0.2, 0) is 60.4 Å². The number of esters is 3. The Morgan fingerprint density at radius 1 is 0.711 bits per heavy atom. The zero-order valence-corrected chi connectivity index (χ0v) is 22.7. The maximum atomic E-state index is 14.4. The molecule has 2 aromatic rings. The van der Waals surface area contributed by atoms with Crippen molar-refractivity contribution in [3.05, 3.63) is 71.8 Å². The molecule has 10 nitrogen and oxygen atoms in total. The highest BCUT2D eigenvalue weighted by molar-refractivity contribution is 7.60. The van der Waals surface area contributed by atoms with Crippen molar-refractivity contribution in [1.82, 2.24) is 0 Å². The number of benzene rings is 2. The summed E-state index contributed by atoms with van der Waals surface area (Å²) >= 11 is 0. The van der Waals surface area contributed by atoms with Crippen LogP contribution in [0, 0.1) is 0 Å². The second kappa shape index (κ2) is 13.7. The smallest absolute Gasteiger partial charge is 0.303 e. The topological polar surface area (TPSA) is 124 Å². The highest BCUT2D eigenvalue weighted by Crippen LogP contribution is 2.63. The Kier molecular flexibility index (Phi) is 10.6. The Morgan fingerprint density at radius 3 is 1.71 bits per heavy atom. The van der Waals surface area contributed by atoms with Crippen LogP contribution in [-0.4, -0.2) is 61.4 Å². The van der Waals surface area contributed by atoms with Crippen molar-refractivity contribution in [3.63, 3.8) is 0 Å². The third-order valence-electron chi connectivity index (χ3n) is 5.99. The van der Waals surface area contributed by atoms with E-state index in [1.54, 1.807) is 0 Å². The summed E-state index contributed by atoms with van der Waals surface area (Å²) in [5.74, 6) is -3.69. The van der Waals surface area contributed by atoms with Gasteiger partial charge in [0.25, 0.3) is 7.37 Å². The van der Waals surface area contributed by atoms with Gasteiger partial charge < -0.3 is 28.2 Å². The molecule has 0 aromatic heterocycles. The van der Waals surface area contributed by atoms with Gasteiger partial charge in [-0.05, 0) is 11.1 Å². The Labute approximate surface area is 221 Å². The number of carbonyl (C=O) groups excluding carboxylic acids is 3. The Bertz CT molecular complexity index is 1120. The summed E-state index contributed by atoms with van der Waals surface area (Å²) in [7, 11) is -2.85. The van der Waals surface area contributed by atoms with Crippen LogP contribution in [0.15, 0.2) is 60.7 Å². The van der Waals surface area contributed by atoms with Gasteiger partial charge >= 0.3 is 17.9 Å². The van der Waals surface area contributed by atoms with Gasteiger partial charge in [-0.15, -0.1) is 0 Å². The highest BCUT2D eigenvalue weighted by Gasteiger charge is 2.63. The van der Waals surface area contributed by atoms with Crippen molar-refractivity contribution in [2.75, 3.05) is 13.7 Å². The fourth-order valence-electron chi connectivity index (χ4n) is 4.40. The monoisotopic (exact) mass is 548 g/mol. The summed E-state index contributed by atoms with van der Waals surface area (Å²) < 4.78 is 48.6. The molecule has 0 unspecified atom stereocenters. The SMILES string of the molecule is CO[P@]1(=O)[C@H](COCc2ccccc2)[C@H](OC(C)=O)[C@H](OCc2ccccc2)[C@@H](OC(C)=O)[C@@H]1OC(C)=O. The molecule has 0 aliphatic carbocycles. The van der Waals surface area contributed by atoms with Crippen LogP contribution in [0.4, 0.5) is 0 Å². The minimum absolute atomic E-state index is 0.0443. The summed E-state index contributed by atoms with van der Waals surface area (Å²) in [6.45, 7) is 3.54. The summed E-state index contributed by atoms with van der Waals surface area (Å²) in [4.78, 5) is 36.4. The van der Waals surface area contributed by atoms with E-state index >= 15 is 0 Å². The molecule has 1 aliphatic rings. The molecule has 11 heteroatoms. The van der Waals surface area contributed by atoms with Gasteiger partial charge in [-0.1, -0.05) is 60.7 Å². The predicted molar refractivity (Wildman–Crippen MR) is 136 cm³/mol. The second-order valence-corrected chi connectivity index (χ2v) is 11.6. The number of carbonyl (C=O) groups is 3. The molecule has 0 saturated carbocycles. The first-order valence-corrected chi connectivity index (χ1v) is 13.9. The van der Waals surface area contributed by atoms with Crippen LogP contribution in [0.2, 0.25) is 0 Å². The average molecular weight is 549 g/mol. The molecule has 0 radical (unpaired) electrons. The first kappa shape index (κ1) is 29.5. The van der Waals surface area contributed by atoms with Crippen molar-refractivity contribution >= 4 is 25.3 Å². The van der Waals surface area contributed by atoms with Crippen LogP contribution < -0.4 is 0 Å². The van der Waals surface area contributed by atoms with Crippen LogP contribution in [0.25, 0.3) is 0 Å². The maximum absolute atomic E-state index is 14.4. The lowest BCUT2D eigenvalue weighted by Gasteiger charge is -2.47. The van der Waals surface area contributed by atoms with E-state index in [1.807, 2.05) is 60.7 Å². The van der Waals surface area contributed by atoms with Crippen LogP contribution in [0.5, 0.6) is 0 Å². The molecule has 1 saturated heterocycles. The van der Waals surface area contributed by atoms with E-state index in [0.717, 1.165) is 25.0 Å². The van der Waals surface area contributed by atoms with Crippen molar-refractivity contribution in [2.45, 2.75) is 63.8 Å². The normalized spacial score (nSPS) is 26.8. The number of rotatable bonds is 11. The fourth-order valence-corrected chi connectivity index (χ4v) is 7.14. The van der Waals surface area contributed by atoms with E-state index in [4.69, 9.17) is 28.2 Å². The van der Waals surface area contributed by atoms with Crippen LogP contribution in [0.1, 0.15) is 31.9 Å². The summed E-state index contributed by atoms with van der Waals surface area (Å²) in [6.07, 6.45) is -3.76. The zero-order chi connectivity index (χ0) is 27.7. The van der Waals surface area contributed by atoms with Gasteiger partial charge in [0.15, 0.2) is 6.10 Å². The molecule has 0 N–H and O–H groups in total. The van der Waals surface area contributed by atoms with Crippen molar-refractivity contribution in [1.29, 1.82) is 0 Å². The Balaban J connectivity index is 2.03. The first-order valence-electron chi connectivity index (χ1n) is 12.1. The van der Waals surface area contributed by atoms with Crippen LogP contribution >= 0.6 is 7.37 Å². The summed E-state index contributed by atoms with van der Waals surface area (Å²) in [6, 6.07) is 18.5. The Hall–Kier alpha value is -3.04. The molecule has 0 bridgehead atoms. The molecule has 6 atom stereocenters. The molecule has 1 aliphatic heterocycles.